The second kappa shape index (κ2) is 15.3. The zero-order valence-electron chi connectivity index (χ0n) is 18.0. The van der Waals surface area contributed by atoms with Gasteiger partial charge in [-0.1, -0.05) is 0 Å². The number of halogens is 18. The van der Waals surface area contributed by atoms with Crippen LogP contribution in [0.2, 0.25) is 0 Å². The van der Waals surface area contributed by atoms with Gasteiger partial charge in [-0.15, -0.1) is 0 Å². The second-order valence-corrected chi connectivity index (χ2v) is 6.20. The molecule has 0 amide bonds. The monoisotopic (exact) mass is 686 g/mol. The molecule has 0 aromatic heterocycles. The maximum Gasteiger partial charge on any atom is 0.505 e. The first-order chi connectivity index (χ1) is 16.6. The number of rotatable bonds is 6. The van der Waals surface area contributed by atoms with Gasteiger partial charge in [-0.2, -0.15) is 79.0 Å². The Hall–Kier alpha value is -2.72. The van der Waals surface area contributed by atoms with Crippen LogP contribution in [0.4, 0.5) is 79.0 Å². The largest absolute Gasteiger partial charge is 0.505 e. The third-order valence-electron chi connectivity index (χ3n) is 2.97. The van der Waals surface area contributed by atoms with Gasteiger partial charge in [-0.3, -0.25) is 28.8 Å². The first kappa shape index (κ1) is 44.3. The smallest absolute Gasteiger partial charge is 0.273 e. The third-order valence-corrected chi connectivity index (χ3v) is 2.97. The number of hydrogen-bond donors (Lipinski definition) is 0. The number of carbonyl (C=O) groups excluding carboxylic acids is 6. The zero-order chi connectivity index (χ0) is 32.6. The van der Waals surface area contributed by atoms with Crippen LogP contribution in [0.25, 0.3) is 0 Å². The number of ketones is 6. The Morgan fingerprint density at radius 3 is 0.400 bits per heavy atom. The van der Waals surface area contributed by atoms with Gasteiger partial charge < -0.3 is 0 Å². The zero-order valence-corrected chi connectivity index (χ0v) is 19.1. The molecule has 0 aromatic rings. The summed E-state index contributed by atoms with van der Waals surface area (Å²) in [6.07, 6.45) is -37.4. The summed E-state index contributed by atoms with van der Waals surface area (Å²) in [4.78, 5) is 48.2. The van der Waals surface area contributed by atoms with Crippen molar-refractivity contribution in [2.75, 3.05) is 0 Å². The van der Waals surface area contributed by atoms with E-state index in [0.717, 1.165) is 0 Å². The van der Waals surface area contributed by atoms with Gasteiger partial charge in [0, 0.05) is 17.1 Å². The van der Waals surface area contributed by atoms with Gasteiger partial charge in [-0.05, 0) is 0 Å². The van der Waals surface area contributed by atoms with Crippen LogP contribution in [-0.4, -0.2) is 101 Å². The van der Waals surface area contributed by atoms with Gasteiger partial charge in [0.15, 0.2) is 19.3 Å². The maximum atomic E-state index is 11.4. The van der Waals surface area contributed by atoms with Crippen LogP contribution >= 0.6 is 0 Å². The van der Waals surface area contributed by atoms with Crippen molar-refractivity contribution in [2.45, 2.75) is 56.3 Å². The average molecular weight is 686 g/mol. The molecule has 0 aliphatic heterocycles. The third kappa shape index (κ3) is 20.2. The summed E-state index contributed by atoms with van der Waals surface area (Å²) in [5, 5.41) is 0. The molecule has 0 aliphatic rings. The van der Waals surface area contributed by atoms with Crippen molar-refractivity contribution in [1.29, 1.82) is 0 Å². The molecular formula is C15H12F18FeO6+6. The Morgan fingerprint density at radius 1 is 0.275 bits per heavy atom. The Morgan fingerprint density at radius 2 is 0.350 bits per heavy atom. The summed E-state index contributed by atoms with van der Waals surface area (Å²) >= 11 is 0. The molecule has 25 heteroatoms. The molecule has 236 valence electrons. The molecule has 0 aliphatic carbocycles. The van der Waals surface area contributed by atoms with Crippen LogP contribution in [0, 0.1) is 0 Å². The molecule has 0 rings (SSSR count). The van der Waals surface area contributed by atoms with E-state index in [-0.39, 0.29) is 17.1 Å². The fourth-order valence-electron chi connectivity index (χ4n) is 1.08. The van der Waals surface area contributed by atoms with Crippen LogP contribution in [0.5, 0.6) is 0 Å². The van der Waals surface area contributed by atoms with Gasteiger partial charge in [-0.25, -0.2) is 0 Å². The molecule has 40 heavy (non-hydrogen) atoms. The minimum Gasteiger partial charge on any atom is -0.273 e. The molecule has 0 saturated heterocycles. The fraction of sp³-hybridized carbons (Fsp3) is 0.600. The van der Waals surface area contributed by atoms with E-state index in [4.69, 9.17) is 28.8 Å². The maximum absolute atomic E-state index is 11.4. The van der Waals surface area contributed by atoms with E-state index in [1.54, 1.807) is 0 Å². The van der Waals surface area contributed by atoms with Crippen molar-refractivity contribution in [3.8, 4) is 0 Å². The molecule has 0 saturated carbocycles. The first-order valence-electron chi connectivity index (χ1n) is 8.36. The van der Waals surface area contributed by atoms with E-state index in [0.29, 0.717) is 0 Å². The summed E-state index contributed by atoms with van der Waals surface area (Å²) in [6, 6.07) is 0. The van der Waals surface area contributed by atoms with Crippen LogP contribution < -0.4 is 0 Å². The molecule has 0 bridgehead atoms. The minimum atomic E-state index is -5.25. The van der Waals surface area contributed by atoms with Gasteiger partial charge in [0.2, 0.25) is 0 Å². The van der Waals surface area contributed by atoms with Crippen LogP contribution in [0.1, 0.15) is 19.3 Å². The molecular weight excluding hydrogens is 674 g/mol. The molecule has 6 nitrogen and oxygen atoms in total. The van der Waals surface area contributed by atoms with Crippen molar-refractivity contribution in [3.05, 3.63) is 0 Å². The Labute approximate surface area is 216 Å². The van der Waals surface area contributed by atoms with Gasteiger partial charge in [0.25, 0.3) is 0 Å². The van der Waals surface area contributed by atoms with E-state index >= 15 is 0 Å². The topological polar surface area (TPSA) is 128 Å². The molecule has 6 N–H and O–H groups in total. The summed E-state index contributed by atoms with van der Waals surface area (Å²) in [5.41, 5.74) is 0. The average Bonchev–Trinajstić information content (AvgIpc) is 2.64. The quantitative estimate of drug-likeness (QED) is 0.165. The van der Waals surface area contributed by atoms with Crippen LogP contribution in [0.3, 0.4) is 0 Å². The standard InChI is InChI=1S/3C5H2F6O2.Fe/c3*6-4(7,8)2(12)1-3(13)5(9,10)11;/h3*1H2;/p+6. The van der Waals surface area contributed by atoms with Gasteiger partial charge >= 0.3 is 71.8 Å². The number of alkyl halides is 18. The Kier molecular flexibility index (Phi) is 17.0. The fourth-order valence-corrected chi connectivity index (χ4v) is 1.08. The Balaban J connectivity index is -0.000000240. The molecule has 0 heterocycles. The van der Waals surface area contributed by atoms with Crippen molar-refractivity contribution >= 4 is 34.7 Å². The predicted molar refractivity (Wildman–Crippen MR) is 91.8 cm³/mol. The molecule has 0 radical (unpaired) electrons. The minimum absolute atomic E-state index is 0. The van der Waals surface area contributed by atoms with Crippen molar-refractivity contribution in [1.82, 2.24) is 0 Å². The van der Waals surface area contributed by atoms with E-state index in [1.165, 1.54) is 0 Å². The predicted octanol–water partition coefficient (Wildman–Crippen LogP) is 4.77. The van der Waals surface area contributed by atoms with E-state index in [2.05, 4.69) is 0 Å². The molecule has 0 unspecified atom stereocenters. The van der Waals surface area contributed by atoms with Crippen molar-refractivity contribution < 1.29 is 125 Å². The number of hydrogen-bond acceptors (Lipinski definition) is 0. The van der Waals surface area contributed by atoms with Crippen molar-refractivity contribution in [2.24, 2.45) is 0 Å². The molecule has 0 atom stereocenters. The molecule has 0 fully saturated rings. The van der Waals surface area contributed by atoms with E-state index in [9.17, 15) is 79.0 Å². The first-order valence-corrected chi connectivity index (χ1v) is 8.36. The summed E-state index contributed by atoms with van der Waals surface area (Å²) in [6.45, 7) is 0. The second-order valence-electron chi connectivity index (χ2n) is 6.20. The summed E-state index contributed by atoms with van der Waals surface area (Å²) in [7, 11) is 0. The summed E-state index contributed by atoms with van der Waals surface area (Å²) in [5.74, 6) is -14.3. The Bertz CT molecular complexity index is 726. The SMILES string of the molecule is [Fe].[OH+]=C(CC(=[OH+])C(F)(F)F)C(F)(F)F.[OH+]=C(CC(=[OH+])C(F)(F)F)C(F)(F)F.[OH+]=C(CC(=[OH+])C(F)(F)F)C(F)(F)F. The molecule has 0 aromatic carbocycles. The van der Waals surface area contributed by atoms with Gasteiger partial charge in [0.1, 0.15) is 0 Å². The van der Waals surface area contributed by atoms with Crippen LogP contribution in [-0.2, 0) is 17.1 Å². The van der Waals surface area contributed by atoms with E-state index in [1.807, 2.05) is 0 Å². The molecule has 0 spiro atoms. The van der Waals surface area contributed by atoms with Gasteiger partial charge in [0.05, 0.1) is 0 Å². The summed E-state index contributed by atoms with van der Waals surface area (Å²) < 4.78 is 206. The van der Waals surface area contributed by atoms with E-state index < -0.39 is 91.0 Å². The van der Waals surface area contributed by atoms with Crippen LogP contribution in [0.15, 0.2) is 0 Å². The van der Waals surface area contributed by atoms with Crippen molar-refractivity contribution in [3.63, 3.8) is 0 Å². The normalized spacial score (nSPS) is 12.4.